The zero-order valence-corrected chi connectivity index (χ0v) is 18.9. The third kappa shape index (κ3) is 2.16. The van der Waals surface area contributed by atoms with Gasteiger partial charge in [0, 0.05) is 17.0 Å². The zero-order chi connectivity index (χ0) is 21.3. The van der Waals surface area contributed by atoms with Crippen LogP contribution in [0.4, 0.5) is 0 Å². The molecule has 0 spiro atoms. The van der Waals surface area contributed by atoms with Crippen molar-refractivity contribution in [3.05, 3.63) is 114 Å². The molecule has 2 aromatic heterocycles. The molecule has 7 rings (SSSR count). The largest absolute Gasteiger partial charge is 0.330 e. The Balaban J connectivity index is 1.74. The molecule has 0 amide bonds. The Morgan fingerprint density at radius 2 is 1.34 bits per heavy atom. The van der Waals surface area contributed by atoms with Crippen LogP contribution in [0.5, 0.6) is 0 Å². The van der Waals surface area contributed by atoms with Crippen molar-refractivity contribution in [1.29, 1.82) is 0 Å². The van der Waals surface area contributed by atoms with Crippen LogP contribution in [0.2, 0.25) is 0 Å². The van der Waals surface area contributed by atoms with E-state index in [0.29, 0.717) is 0 Å². The van der Waals surface area contributed by atoms with Crippen LogP contribution >= 0.6 is 0 Å². The molecular weight excluding hydrogens is 404 g/mol. The predicted molar refractivity (Wildman–Crippen MR) is 136 cm³/mol. The van der Waals surface area contributed by atoms with Gasteiger partial charge in [-0.05, 0) is 25.9 Å². The van der Waals surface area contributed by atoms with Gasteiger partial charge in [-0.2, -0.15) is 10.4 Å². The van der Waals surface area contributed by atoms with Gasteiger partial charge < -0.3 is 4.40 Å². The highest BCUT2D eigenvalue weighted by Gasteiger charge is 2.34. The number of nitrogens with zero attached hydrogens (tertiary/aromatic N) is 2. The number of pyridine rings is 1. The molecule has 0 saturated heterocycles. The van der Waals surface area contributed by atoms with Gasteiger partial charge in [-0.3, -0.25) is 0 Å². The Labute approximate surface area is 187 Å². The molecule has 0 unspecified atom stereocenters. The quantitative estimate of drug-likeness (QED) is 0.294. The lowest BCUT2D eigenvalue weighted by molar-refractivity contribution is 1.21. The van der Waals surface area contributed by atoms with Crippen molar-refractivity contribution < 1.29 is 0 Å². The number of hydrogen-bond donors (Lipinski definition) is 0. The van der Waals surface area contributed by atoms with Crippen LogP contribution in [-0.4, -0.2) is 17.5 Å². The highest BCUT2D eigenvalue weighted by atomic mass is 28.3. The van der Waals surface area contributed by atoms with Crippen molar-refractivity contribution in [3.8, 4) is 0 Å². The maximum absolute atomic E-state index is 5.07. The van der Waals surface area contributed by atoms with E-state index in [1.54, 1.807) is 0 Å². The molecule has 0 fully saturated rings. The lowest BCUT2D eigenvalue weighted by atomic mass is 9.99. The second-order valence-electron chi connectivity index (χ2n) is 8.93. The van der Waals surface area contributed by atoms with Gasteiger partial charge in [0.05, 0.1) is 5.52 Å². The minimum atomic E-state index is -2.31. The number of aromatic nitrogens is 2. The number of hydrogen-bond acceptors (Lipinski definition) is 1. The van der Waals surface area contributed by atoms with Crippen molar-refractivity contribution in [2.45, 2.75) is 13.0 Å². The van der Waals surface area contributed by atoms with Crippen molar-refractivity contribution in [3.63, 3.8) is 0 Å². The van der Waals surface area contributed by atoms with E-state index in [2.05, 4.69) is 115 Å². The van der Waals surface area contributed by atoms with Crippen LogP contribution in [0.25, 0.3) is 27.3 Å². The maximum atomic E-state index is 5.07. The van der Waals surface area contributed by atoms with Crippen LogP contribution < -0.4 is 15.7 Å². The van der Waals surface area contributed by atoms with Crippen LogP contribution in [-0.2, 0) is 6.04 Å². The van der Waals surface area contributed by atoms with Gasteiger partial charge in [-0.25, -0.2) is 4.98 Å². The summed E-state index contributed by atoms with van der Waals surface area (Å²) >= 11 is 0. The van der Waals surface area contributed by atoms with E-state index < -0.39 is 8.07 Å². The van der Waals surface area contributed by atoms with Crippen LogP contribution in [0.1, 0.15) is 11.1 Å². The first-order valence-corrected chi connectivity index (χ1v) is 13.4. The molecule has 32 heavy (non-hydrogen) atoms. The van der Waals surface area contributed by atoms with Crippen LogP contribution in [0, 0.1) is 6.92 Å². The van der Waals surface area contributed by atoms with E-state index in [-0.39, 0.29) is 0 Å². The molecule has 1 aliphatic rings. The van der Waals surface area contributed by atoms with Gasteiger partial charge in [0.25, 0.3) is 0 Å². The molecule has 6 aromatic rings. The summed E-state index contributed by atoms with van der Waals surface area (Å²) in [5, 5.41) is 8.19. The minimum Gasteiger partial charge on any atom is -0.330 e. The van der Waals surface area contributed by atoms with E-state index in [0.717, 1.165) is 11.7 Å². The summed E-state index contributed by atoms with van der Waals surface area (Å²) in [7, 11) is -2.31. The van der Waals surface area contributed by atoms with Crippen molar-refractivity contribution in [1.82, 2.24) is 9.38 Å². The fraction of sp³-hybridized carbons (Fsp3) is 0.0690. The molecule has 2 nitrogen and oxygen atoms in total. The molecule has 0 aliphatic carbocycles. The number of rotatable bonds is 2. The molecule has 3 heterocycles. The third-order valence-electron chi connectivity index (χ3n) is 7.32. The monoisotopic (exact) mass is 426 g/mol. The molecule has 0 bridgehead atoms. The fourth-order valence-electron chi connectivity index (χ4n) is 5.93. The molecule has 3 heteroatoms. The van der Waals surface area contributed by atoms with E-state index in [1.165, 1.54) is 48.5 Å². The predicted octanol–water partition coefficient (Wildman–Crippen LogP) is 4.51. The molecule has 1 aliphatic heterocycles. The maximum Gasteiger partial charge on any atom is 0.142 e. The lowest BCUT2D eigenvalue weighted by Gasteiger charge is -2.48. The van der Waals surface area contributed by atoms with Gasteiger partial charge >= 0.3 is 0 Å². The van der Waals surface area contributed by atoms with E-state index in [9.17, 15) is 0 Å². The van der Waals surface area contributed by atoms with Crippen molar-refractivity contribution in [2.75, 3.05) is 0 Å². The highest BCUT2D eigenvalue weighted by molar-refractivity contribution is 7.11. The molecular formula is C29H22N2Si-. The average Bonchev–Trinajstić information content (AvgIpc) is 3.31. The molecule has 0 saturated carbocycles. The first-order chi connectivity index (χ1) is 15.8. The Morgan fingerprint density at radius 3 is 2.03 bits per heavy atom. The van der Waals surface area contributed by atoms with Crippen molar-refractivity contribution >= 4 is 51.1 Å². The zero-order valence-electron chi connectivity index (χ0n) is 17.9. The average molecular weight is 427 g/mol. The summed E-state index contributed by atoms with van der Waals surface area (Å²) in [6.07, 6.45) is 2.18. The summed E-state index contributed by atoms with van der Waals surface area (Å²) in [6.45, 7) is 2.24. The van der Waals surface area contributed by atoms with E-state index in [4.69, 9.17) is 4.98 Å². The minimum absolute atomic E-state index is 1.05. The molecule has 4 aromatic carbocycles. The smallest absolute Gasteiger partial charge is 0.142 e. The van der Waals surface area contributed by atoms with Crippen molar-refractivity contribution in [2.24, 2.45) is 0 Å². The first kappa shape index (κ1) is 17.9. The molecule has 0 radical (unpaired) electrons. The number of imidazole rings is 1. The Morgan fingerprint density at radius 1 is 0.719 bits per heavy atom. The van der Waals surface area contributed by atoms with Crippen LogP contribution in [0.3, 0.4) is 0 Å². The number of aryl methyl sites for hydroxylation is 1. The summed E-state index contributed by atoms with van der Waals surface area (Å²) in [5.41, 5.74) is 5.20. The Kier molecular flexibility index (Phi) is 3.59. The SMILES string of the molecule is Cc1ccc2c3c1c1ccccc1c1ncc(n13)[Si-](c1ccccc1)(c1ccccc1)C2. The van der Waals surface area contributed by atoms with Gasteiger partial charge in [0.1, 0.15) is 5.65 Å². The topological polar surface area (TPSA) is 17.3 Å². The van der Waals surface area contributed by atoms with Gasteiger partial charge in [0.2, 0.25) is 0 Å². The first-order valence-electron chi connectivity index (χ1n) is 11.2. The second-order valence-corrected chi connectivity index (χ2v) is 12.8. The fourth-order valence-corrected chi connectivity index (χ4v) is 10.7. The highest BCUT2D eigenvalue weighted by Crippen LogP contribution is 2.36. The standard InChI is InChI=1S/C29H22N2Si/c1-20-16-17-21-19-32(22-10-4-2-5-11-22,23-12-6-3-7-13-23)26-18-30-29-25-15-9-8-14-24(25)27(20)28(21)31(26)29/h2-18H,19H2,1H3/q-1. The third-order valence-corrected chi connectivity index (χ3v) is 12.1. The van der Waals surface area contributed by atoms with E-state index >= 15 is 0 Å². The van der Waals surface area contributed by atoms with Gasteiger partial charge in [0.15, 0.2) is 0 Å². The normalized spacial score (nSPS) is 14.5. The van der Waals surface area contributed by atoms with E-state index in [1.807, 2.05) is 0 Å². The van der Waals surface area contributed by atoms with Crippen LogP contribution in [0.15, 0.2) is 103 Å². The Hall–Kier alpha value is -3.69. The summed E-state index contributed by atoms with van der Waals surface area (Å²) < 4.78 is 2.51. The molecule has 0 N–H and O–H groups in total. The molecule has 0 atom stereocenters. The van der Waals surface area contributed by atoms with Gasteiger partial charge in [-0.15, -0.1) is 6.04 Å². The summed E-state index contributed by atoms with van der Waals surface area (Å²) in [5.74, 6) is 0. The summed E-state index contributed by atoms with van der Waals surface area (Å²) in [4.78, 5) is 5.07. The number of fused-ring (bicyclic) bond motifs is 3. The second kappa shape index (κ2) is 6.41. The number of benzene rings is 4. The molecule has 153 valence electrons. The van der Waals surface area contributed by atoms with Gasteiger partial charge in [-0.1, -0.05) is 108 Å². The lowest BCUT2D eigenvalue weighted by Crippen LogP contribution is -2.71. The summed E-state index contributed by atoms with van der Waals surface area (Å²) in [6, 6.07) is 36.8. The Bertz CT molecular complexity index is 1610.